The minimum absolute atomic E-state index is 0.278. The predicted molar refractivity (Wildman–Crippen MR) is 152 cm³/mol. The van der Waals surface area contributed by atoms with Gasteiger partial charge in [-0.25, -0.2) is 0 Å². The summed E-state index contributed by atoms with van der Waals surface area (Å²) in [5.74, 6) is -0.210. The molecule has 3 aromatic carbocycles. The Morgan fingerprint density at radius 1 is 0.846 bits per heavy atom. The highest BCUT2D eigenvalue weighted by atomic mass is 16.5. The Hall–Kier alpha value is -4.17. The van der Waals surface area contributed by atoms with Crippen LogP contribution >= 0.6 is 0 Å². The Balaban J connectivity index is 1.79. The quantitative estimate of drug-likeness (QED) is 0.314. The van der Waals surface area contributed by atoms with Gasteiger partial charge in [0.1, 0.15) is 17.8 Å². The second-order valence-electron chi connectivity index (χ2n) is 9.43. The van der Waals surface area contributed by atoms with Gasteiger partial charge in [0.15, 0.2) is 0 Å². The first kappa shape index (κ1) is 29.4. The molecule has 8 heteroatoms. The standard InChI is InChI=1S/C31H38N4O4/c1-4-39-27-16-14-24(15-17-27)18-28(34-22(2)36)31(38)35(3)29(19-23-8-6-5-7-9-23)30(37)33-21-26-12-10-25(20-32)11-13-26/h5-17,28-29H,4,18-21,32H2,1-3H3,(H,33,37)(H,34,36)/t28-,29+/m1/s1. The van der Waals surface area contributed by atoms with Crippen molar-refractivity contribution in [3.05, 3.63) is 101 Å². The van der Waals surface area contributed by atoms with Crippen LogP contribution in [0.2, 0.25) is 0 Å². The summed E-state index contributed by atoms with van der Waals surface area (Å²) in [5.41, 5.74) is 9.41. The minimum atomic E-state index is -0.833. The fourth-order valence-corrected chi connectivity index (χ4v) is 4.31. The molecular formula is C31H38N4O4. The van der Waals surface area contributed by atoms with Gasteiger partial charge in [-0.15, -0.1) is 0 Å². The maximum Gasteiger partial charge on any atom is 0.245 e. The van der Waals surface area contributed by atoms with E-state index in [4.69, 9.17) is 10.5 Å². The van der Waals surface area contributed by atoms with Crippen LogP contribution in [0.1, 0.15) is 36.1 Å². The summed E-state index contributed by atoms with van der Waals surface area (Å²) in [6, 6.07) is 23.1. The molecule has 3 rings (SSSR count). The van der Waals surface area contributed by atoms with Gasteiger partial charge in [0, 0.05) is 39.9 Å². The number of benzene rings is 3. The molecule has 0 heterocycles. The molecule has 3 amide bonds. The van der Waals surface area contributed by atoms with Crippen LogP contribution in [0.15, 0.2) is 78.9 Å². The first-order chi connectivity index (χ1) is 18.8. The number of amides is 3. The lowest BCUT2D eigenvalue weighted by atomic mass is 10.0. The predicted octanol–water partition coefficient (Wildman–Crippen LogP) is 2.98. The van der Waals surface area contributed by atoms with Gasteiger partial charge >= 0.3 is 0 Å². The van der Waals surface area contributed by atoms with E-state index in [1.807, 2.05) is 85.8 Å². The lowest BCUT2D eigenvalue weighted by Gasteiger charge is -2.31. The second-order valence-corrected chi connectivity index (χ2v) is 9.43. The number of hydrogen-bond acceptors (Lipinski definition) is 5. The van der Waals surface area contributed by atoms with Crippen LogP contribution in [0.4, 0.5) is 0 Å². The number of nitrogens with zero attached hydrogens (tertiary/aromatic N) is 1. The zero-order valence-corrected chi connectivity index (χ0v) is 22.9. The van der Waals surface area contributed by atoms with Crippen LogP contribution in [0.25, 0.3) is 0 Å². The van der Waals surface area contributed by atoms with Crippen molar-refractivity contribution in [3.8, 4) is 5.75 Å². The lowest BCUT2D eigenvalue weighted by Crippen LogP contribution is -2.55. The third kappa shape index (κ3) is 8.97. The second kappa shape index (κ2) is 14.7. The van der Waals surface area contributed by atoms with Gasteiger partial charge < -0.3 is 26.0 Å². The van der Waals surface area contributed by atoms with Gasteiger partial charge in [-0.1, -0.05) is 66.7 Å². The van der Waals surface area contributed by atoms with Crippen molar-refractivity contribution in [2.24, 2.45) is 5.73 Å². The minimum Gasteiger partial charge on any atom is -0.494 e. The zero-order chi connectivity index (χ0) is 28.2. The van der Waals surface area contributed by atoms with E-state index in [9.17, 15) is 14.4 Å². The third-order valence-electron chi connectivity index (χ3n) is 6.46. The number of carbonyl (C=O) groups excluding carboxylic acids is 3. The van der Waals surface area contributed by atoms with Gasteiger partial charge in [0.05, 0.1) is 6.61 Å². The Morgan fingerprint density at radius 3 is 2.03 bits per heavy atom. The molecule has 0 bridgehead atoms. The summed E-state index contributed by atoms with van der Waals surface area (Å²) >= 11 is 0. The maximum atomic E-state index is 13.7. The SMILES string of the molecule is CCOc1ccc(C[C@@H](NC(C)=O)C(=O)N(C)[C@@H](Cc2ccccc2)C(=O)NCc2ccc(CN)cc2)cc1. The fourth-order valence-electron chi connectivity index (χ4n) is 4.31. The van der Waals surface area contributed by atoms with Crippen LogP contribution in [0, 0.1) is 0 Å². The largest absolute Gasteiger partial charge is 0.494 e. The molecule has 0 fully saturated rings. The average molecular weight is 531 g/mol. The van der Waals surface area contributed by atoms with E-state index in [-0.39, 0.29) is 24.1 Å². The van der Waals surface area contributed by atoms with Crippen molar-refractivity contribution >= 4 is 17.7 Å². The number of rotatable bonds is 13. The first-order valence-electron chi connectivity index (χ1n) is 13.2. The average Bonchev–Trinajstić information content (AvgIpc) is 2.95. The van der Waals surface area contributed by atoms with Crippen molar-refractivity contribution < 1.29 is 19.1 Å². The first-order valence-corrected chi connectivity index (χ1v) is 13.2. The van der Waals surface area contributed by atoms with E-state index >= 15 is 0 Å². The highest BCUT2D eigenvalue weighted by Gasteiger charge is 2.32. The molecule has 4 N–H and O–H groups in total. The zero-order valence-electron chi connectivity index (χ0n) is 22.9. The van der Waals surface area contributed by atoms with Gasteiger partial charge in [-0.3, -0.25) is 14.4 Å². The maximum absolute atomic E-state index is 13.7. The van der Waals surface area contributed by atoms with Crippen LogP contribution in [0.3, 0.4) is 0 Å². The highest BCUT2D eigenvalue weighted by Crippen LogP contribution is 2.16. The molecule has 0 radical (unpaired) electrons. The molecule has 2 atom stereocenters. The molecule has 3 aromatic rings. The van der Waals surface area contributed by atoms with Crippen molar-refractivity contribution in [2.75, 3.05) is 13.7 Å². The number of nitrogens with two attached hydrogens (primary N) is 1. The van der Waals surface area contributed by atoms with Crippen molar-refractivity contribution in [3.63, 3.8) is 0 Å². The molecule has 206 valence electrons. The van der Waals surface area contributed by atoms with Crippen LogP contribution in [-0.4, -0.2) is 48.4 Å². The van der Waals surface area contributed by atoms with Gasteiger partial charge in [-0.05, 0) is 41.3 Å². The summed E-state index contributed by atoms with van der Waals surface area (Å²) in [5, 5.41) is 5.75. The summed E-state index contributed by atoms with van der Waals surface area (Å²) in [6.07, 6.45) is 0.610. The molecule has 8 nitrogen and oxygen atoms in total. The van der Waals surface area contributed by atoms with Crippen molar-refractivity contribution in [1.82, 2.24) is 15.5 Å². The van der Waals surface area contributed by atoms with E-state index in [0.717, 1.165) is 28.0 Å². The van der Waals surface area contributed by atoms with Gasteiger partial charge in [0.25, 0.3) is 0 Å². The van der Waals surface area contributed by atoms with Gasteiger partial charge in [0.2, 0.25) is 17.7 Å². The number of likely N-dealkylation sites (N-methyl/N-ethyl adjacent to an activating group) is 1. The monoisotopic (exact) mass is 530 g/mol. The van der Waals surface area contributed by atoms with Crippen molar-refractivity contribution in [1.29, 1.82) is 0 Å². The van der Waals surface area contributed by atoms with Gasteiger partial charge in [-0.2, -0.15) is 0 Å². The van der Waals surface area contributed by atoms with Crippen LogP contribution < -0.4 is 21.1 Å². The molecule has 0 spiro atoms. The normalized spacial score (nSPS) is 12.2. The number of nitrogens with one attached hydrogen (secondary N) is 2. The van der Waals surface area contributed by atoms with E-state index in [1.54, 1.807) is 7.05 Å². The van der Waals surface area contributed by atoms with Crippen LogP contribution in [-0.2, 0) is 40.3 Å². The van der Waals surface area contributed by atoms with E-state index in [2.05, 4.69) is 10.6 Å². The molecule has 0 saturated heterocycles. The molecule has 0 aliphatic heterocycles. The topological polar surface area (TPSA) is 114 Å². The molecule has 0 saturated carbocycles. The molecule has 39 heavy (non-hydrogen) atoms. The summed E-state index contributed by atoms with van der Waals surface area (Å²) in [7, 11) is 1.61. The number of carbonyl (C=O) groups is 3. The summed E-state index contributed by atoms with van der Waals surface area (Å²) in [6.45, 7) is 4.61. The van der Waals surface area contributed by atoms with Crippen LogP contribution in [0.5, 0.6) is 5.75 Å². The Labute approximate surface area is 230 Å². The smallest absolute Gasteiger partial charge is 0.245 e. The van der Waals surface area contributed by atoms with Crippen molar-refractivity contribution in [2.45, 2.75) is 51.9 Å². The Morgan fingerprint density at radius 2 is 1.44 bits per heavy atom. The van der Waals surface area contributed by atoms with E-state index < -0.39 is 12.1 Å². The molecule has 0 unspecified atom stereocenters. The number of hydrogen-bond donors (Lipinski definition) is 3. The fraction of sp³-hybridized carbons (Fsp3) is 0.323. The van der Waals surface area contributed by atoms with E-state index in [1.165, 1.54) is 11.8 Å². The third-order valence-corrected chi connectivity index (χ3v) is 6.46. The molecule has 0 aliphatic rings. The highest BCUT2D eigenvalue weighted by molar-refractivity contribution is 5.92. The summed E-state index contributed by atoms with van der Waals surface area (Å²) in [4.78, 5) is 40.7. The van der Waals surface area contributed by atoms with E-state index in [0.29, 0.717) is 26.1 Å². The number of ether oxygens (including phenoxy) is 1. The Kier molecular flexibility index (Phi) is 11.1. The molecule has 0 aliphatic carbocycles. The lowest BCUT2D eigenvalue weighted by molar-refractivity contribution is -0.141. The summed E-state index contributed by atoms with van der Waals surface area (Å²) < 4.78 is 5.50. The molecule has 0 aromatic heterocycles. The Bertz CT molecular complexity index is 1210. The molecular weight excluding hydrogens is 492 g/mol.